The summed E-state index contributed by atoms with van der Waals surface area (Å²) in [5.74, 6) is -0.270. The number of carbonyl (C=O) groups excluding carboxylic acids is 2. The first-order valence-corrected chi connectivity index (χ1v) is 12.6. The summed E-state index contributed by atoms with van der Waals surface area (Å²) >= 11 is 0. The third kappa shape index (κ3) is 6.34. The van der Waals surface area contributed by atoms with Gasteiger partial charge in [-0.25, -0.2) is 9.37 Å². The number of H-pyrrole nitrogens is 1. The van der Waals surface area contributed by atoms with Crippen LogP contribution in [0.25, 0.3) is 33.5 Å². The van der Waals surface area contributed by atoms with Crippen molar-refractivity contribution < 1.29 is 14.0 Å². The fourth-order valence-corrected chi connectivity index (χ4v) is 4.23. The van der Waals surface area contributed by atoms with Crippen molar-refractivity contribution in [3.63, 3.8) is 0 Å². The predicted molar refractivity (Wildman–Crippen MR) is 149 cm³/mol. The number of nitrogens with two attached hydrogens (primary N) is 1. The van der Waals surface area contributed by atoms with E-state index in [0.717, 1.165) is 16.3 Å². The maximum Gasteiger partial charge on any atom is 0.251 e. The zero-order valence-corrected chi connectivity index (χ0v) is 21.1. The number of hydrogen-bond acceptors (Lipinski definition) is 5. The average Bonchev–Trinajstić information content (AvgIpc) is 3.44. The molecule has 5 rings (SSSR count). The number of nitrogens with one attached hydrogen (secondary N) is 3. The normalized spacial score (nSPS) is 10.9. The smallest absolute Gasteiger partial charge is 0.251 e. The number of nitrogens with zero attached hydrogens (tertiary/aromatic N) is 2. The number of carbonyl (C=O) groups is 2. The summed E-state index contributed by atoms with van der Waals surface area (Å²) in [6, 6.07) is 21.2. The highest BCUT2D eigenvalue weighted by molar-refractivity contribution is 5.99. The number of halogens is 1. The number of fused-ring (bicyclic) bond motifs is 1. The maximum atomic E-state index is 13.2. The van der Waals surface area contributed by atoms with Crippen LogP contribution in [0.5, 0.6) is 0 Å². The van der Waals surface area contributed by atoms with Gasteiger partial charge in [0.1, 0.15) is 11.5 Å². The first-order chi connectivity index (χ1) is 19.0. The molecule has 39 heavy (non-hydrogen) atoms. The largest absolute Gasteiger partial charge is 0.352 e. The van der Waals surface area contributed by atoms with E-state index in [1.165, 1.54) is 12.1 Å². The molecule has 3 aromatic carbocycles. The Morgan fingerprint density at radius 1 is 0.923 bits per heavy atom. The number of pyridine rings is 1. The van der Waals surface area contributed by atoms with Gasteiger partial charge in [-0.2, -0.15) is 0 Å². The van der Waals surface area contributed by atoms with Crippen molar-refractivity contribution in [3.8, 4) is 22.8 Å². The molecule has 0 saturated carbocycles. The van der Waals surface area contributed by atoms with E-state index >= 15 is 0 Å². The van der Waals surface area contributed by atoms with Gasteiger partial charge in [0, 0.05) is 47.9 Å². The van der Waals surface area contributed by atoms with E-state index in [0.29, 0.717) is 47.0 Å². The monoisotopic (exact) mass is 522 g/mol. The second-order valence-electron chi connectivity index (χ2n) is 9.08. The fraction of sp³-hybridized carbons (Fsp3) is 0.133. The Balaban J connectivity index is 1.39. The molecular formula is C30H27FN6O2. The van der Waals surface area contributed by atoms with E-state index in [4.69, 9.17) is 5.73 Å². The molecule has 0 saturated heterocycles. The van der Waals surface area contributed by atoms with Crippen molar-refractivity contribution in [2.24, 2.45) is 5.73 Å². The topological polar surface area (TPSA) is 126 Å². The van der Waals surface area contributed by atoms with E-state index in [9.17, 15) is 14.0 Å². The average molecular weight is 523 g/mol. The lowest BCUT2D eigenvalue weighted by Gasteiger charge is -2.11. The fourth-order valence-electron chi connectivity index (χ4n) is 4.23. The molecule has 196 valence electrons. The molecule has 5 N–H and O–H groups in total. The van der Waals surface area contributed by atoms with Crippen LogP contribution < -0.4 is 16.4 Å². The van der Waals surface area contributed by atoms with Crippen LogP contribution in [0.15, 0.2) is 85.2 Å². The Hall–Kier alpha value is -4.89. The molecule has 0 atom stereocenters. The molecule has 0 aliphatic heterocycles. The number of rotatable bonds is 9. The van der Waals surface area contributed by atoms with Crippen LogP contribution in [-0.2, 0) is 11.2 Å². The van der Waals surface area contributed by atoms with Crippen LogP contribution in [0.1, 0.15) is 22.3 Å². The summed E-state index contributed by atoms with van der Waals surface area (Å²) in [6.07, 6.45) is 4.18. The molecule has 2 amide bonds. The first kappa shape index (κ1) is 25.7. The quantitative estimate of drug-likeness (QED) is 0.223. The Morgan fingerprint density at radius 3 is 2.51 bits per heavy atom. The van der Waals surface area contributed by atoms with Gasteiger partial charge in [0.15, 0.2) is 5.82 Å². The van der Waals surface area contributed by atoms with Gasteiger partial charge >= 0.3 is 0 Å². The number of amides is 2. The molecule has 0 aliphatic carbocycles. The van der Waals surface area contributed by atoms with E-state index < -0.39 is 0 Å². The lowest BCUT2D eigenvalue weighted by molar-refractivity contribution is -0.116. The van der Waals surface area contributed by atoms with Crippen molar-refractivity contribution >= 4 is 28.3 Å². The van der Waals surface area contributed by atoms with Gasteiger partial charge in [-0.1, -0.05) is 36.4 Å². The number of aromatic amines is 1. The molecule has 0 unspecified atom stereocenters. The van der Waals surface area contributed by atoms with Crippen molar-refractivity contribution in [2.45, 2.75) is 12.8 Å². The summed E-state index contributed by atoms with van der Waals surface area (Å²) in [5, 5.41) is 7.78. The van der Waals surface area contributed by atoms with Crippen molar-refractivity contribution in [1.29, 1.82) is 0 Å². The molecule has 2 heterocycles. The Labute approximate surface area is 224 Å². The van der Waals surface area contributed by atoms with Gasteiger partial charge in [0.2, 0.25) is 5.91 Å². The van der Waals surface area contributed by atoms with Crippen LogP contribution in [0, 0.1) is 5.82 Å². The van der Waals surface area contributed by atoms with Crippen LogP contribution in [0.2, 0.25) is 0 Å². The van der Waals surface area contributed by atoms with Crippen LogP contribution >= 0.6 is 0 Å². The number of aromatic nitrogens is 3. The molecule has 2 aromatic heterocycles. The lowest BCUT2D eigenvalue weighted by Crippen LogP contribution is -2.26. The Morgan fingerprint density at radius 2 is 1.72 bits per heavy atom. The number of anilines is 1. The minimum absolute atomic E-state index is 0.158. The van der Waals surface area contributed by atoms with Gasteiger partial charge in [0.05, 0.1) is 11.9 Å². The number of benzene rings is 3. The summed E-state index contributed by atoms with van der Waals surface area (Å²) in [7, 11) is 0. The van der Waals surface area contributed by atoms with E-state index in [-0.39, 0.29) is 30.6 Å². The van der Waals surface area contributed by atoms with E-state index in [2.05, 4.69) is 25.6 Å². The molecule has 0 spiro atoms. The minimum Gasteiger partial charge on any atom is -0.352 e. The van der Waals surface area contributed by atoms with Gasteiger partial charge in [-0.15, -0.1) is 0 Å². The second-order valence-corrected chi connectivity index (χ2v) is 9.08. The Kier molecular flexibility index (Phi) is 7.70. The molecule has 5 aromatic rings. The minimum atomic E-state index is -0.304. The van der Waals surface area contributed by atoms with Crippen molar-refractivity contribution in [1.82, 2.24) is 20.3 Å². The van der Waals surface area contributed by atoms with Crippen LogP contribution in [-0.4, -0.2) is 39.9 Å². The standard InChI is InChI=1S/C30H27FN6O2/c31-24-7-5-19(6-8-24)10-12-33-30(39)23-13-22(14-25(15-23)36-28(38)9-11-32)27-18-35-29(37-27)26-16-20-3-1-2-4-21(20)17-34-26/h1-8,13-18H,9-12,32H2,(H,33,39)(H,35,37)(H,36,38). The third-order valence-electron chi connectivity index (χ3n) is 6.22. The van der Waals surface area contributed by atoms with Gasteiger partial charge in [-0.3, -0.25) is 14.6 Å². The molecule has 0 radical (unpaired) electrons. The van der Waals surface area contributed by atoms with Crippen LogP contribution in [0.3, 0.4) is 0 Å². The zero-order chi connectivity index (χ0) is 27.2. The highest BCUT2D eigenvalue weighted by Crippen LogP contribution is 2.27. The summed E-state index contributed by atoms with van der Waals surface area (Å²) in [4.78, 5) is 37.6. The Bertz CT molecular complexity index is 1630. The molecule has 0 bridgehead atoms. The molecule has 0 fully saturated rings. The SMILES string of the molecule is NCCC(=O)Nc1cc(C(=O)NCCc2ccc(F)cc2)cc(-c2cnc(-c3cc4ccccc4cn3)[nH]2)c1. The summed E-state index contributed by atoms with van der Waals surface area (Å²) in [5.41, 5.74) is 9.29. The van der Waals surface area contributed by atoms with Gasteiger partial charge < -0.3 is 21.4 Å². The predicted octanol–water partition coefficient (Wildman–Crippen LogP) is 4.69. The van der Waals surface area contributed by atoms with Gasteiger partial charge in [0.25, 0.3) is 5.91 Å². The van der Waals surface area contributed by atoms with Crippen molar-refractivity contribution in [2.75, 3.05) is 18.4 Å². The van der Waals surface area contributed by atoms with E-state index in [1.54, 1.807) is 42.7 Å². The molecule has 8 nitrogen and oxygen atoms in total. The lowest BCUT2D eigenvalue weighted by atomic mass is 10.1. The molecule has 9 heteroatoms. The molecular weight excluding hydrogens is 495 g/mol. The second kappa shape index (κ2) is 11.7. The number of hydrogen-bond donors (Lipinski definition) is 4. The van der Waals surface area contributed by atoms with Crippen LogP contribution in [0.4, 0.5) is 10.1 Å². The van der Waals surface area contributed by atoms with E-state index in [1.807, 2.05) is 30.3 Å². The number of imidazole rings is 1. The highest BCUT2D eigenvalue weighted by atomic mass is 19.1. The van der Waals surface area contributed by atoms with Crippen molar-refractivity contribution in [3.05, 3.63) is 102 Å². The molecule has 0 aliphatic rings. The first-order valence-electron chi connectivity index (χ1n) is 12.6. The third-order valence-corrected chi connectivity index (χ3v) is 6.22. The maximum absolute atomic E-state index is 13.2. The summed E-state index contributed by atoms with van der Waals surface area (Å²) < 4.78 is 13.2. The zero-order valence-electron chi connectivity index (χ0n) is 21.1. The summed E-state index contributed by atoms with van der Waals surface area (Å²) in [6.45, 7) is 0.580. The highest BCUT2D eigenvalue weighted by Gasteiger charge is 2.14. The van der Waals surface area contributed by atoms with Gasteiger partial charge in [-0.05, 0) is 53.8 Å².